The highest BCUT2D eigenvalue weighted by Gasteiger charge is 2.32. The summed E-state index contributed by atoms with van der Waals surface area (Å²) in [7, 11) is 0. The third-order valence-electron chi connectivity index (χ3n) is 3.16. The Kier molecular flexibility index (Phi) is 1.68. The van der Waals surface area contributed by atoms with Crippen LogP contribution in [0.15, 0.2) is 0 Å². The van der Waals surface area contributed by atoms with Crippen molar-refractivity contribution >= 4 is 0 Å². The zero-order valence-corrected chi connectivity index (χ0v) is 8.48. The lowest BCUT2D eigenvalue weighted by Crippen LogP contribution is -2.34. The van der Waals surface area contributed by atoms with Crippen molar-refractivity contribution in [2.75, 3.05) is 0 Å². The molecule has 14 heavy (non-hydrogen) atoms. The molecule has 0 amide bonds. The number of fused-ring (bicyclic) bond motifs is 1. The zero-order chi connectivity index (χ0) is 9.71. The van der Waals surface area contributed by atoms with E-state index in [1.165, 1.54) is 12.8 Å². The van der Waals surface area contributed by atoms with Gasteiger partial charge in [-0.3, -0.25) is 0 Å². The maximum Gasteiger partial charge on any atom is 0.154 e. The van der Waals surface area contributed by atoms with Crippen molar-refractivity contribution in [3.8, 4) is 0 Å². The first-order valence-corrected chi connectivity index (χ1v) is 5.44. The summed E-state index contributed by atoms with van der Waals surface area (Å²) in [5.74, 6) is 3.32. The van der Waals surface area contributed by atoms with E-state index in [0.29, 0.717) is 11.8 Å². The molecular weight excluding hydrogens is 176 g/mol. The van der Waals surface area contributed by atoms with Crippen LogP contribution >= 0.6 is 0 Å². The van der Waals surface area contributed by atoms with Gasteiger partial charge in [-0.1, -0.05) is 6.92 Å². The molecule has 1 fully saturated rings. The maximum atomic E-state index is 5.95. The van der Waals surface area contributed by atoms with Crippen LogP contribution in [0.3, 0.4) is 0 Å². The molecule has 3 rings (SSSR count). The van der Waals surface area contributed by atoms with Gasteiger partial charge in [-0.2, -0.15) is 5.10 Å². The van der Waals surface area contributed by atoms with Crippen molar-refractivity contribution in [2.45, 2.75) is 50.6 Å². The minimum atomic E-state index is 0.256. The third-order valence-corrected chi connectivity index (χ3v) is 3.16. The summed E-state index contributed by atoms with van der Waals surface area (Å²) in [5, 5.41) is 4.54. The predicted octanol–water partition coefficient (Wildman–Crippen LogP) is 0.990. The summed E-state index contributed by atoms with van der Waals surface area (Å²) < 4.78 is 2.02. The lowest BCUT2D eigenvalue weighted by molar-refractivity contribution is 0.381. The standard InChI is InChI=1S/C10H16N4/c1-6-4-8(11)5-14-10(6)12-9(13-14)7-2-3-7/h6-8H,2-5,11H2,1H3. The van der Waals surface area contributed by atoms with E-state index in [1.807, 2.05) is 4.68 Å². The average molecular weight is 192 g/mol. The van der Waals surface area contributed by atoms with Gasteiger partial charge in [-0.15, -0.1) is 0 Å². The van der Waals surface area contributed by atoms with E-state index in [0.717, 1.165) is 24.6 Å². The van der Waals surface area contributed by atoms with Gasteiger partial charge in [-0.25, -0.2) is 9.67 Å². The van der Waals surface area contributed by atoms with Crippen molar-refractivity contribution in [1.82, 2.24) is 14.8 Å². The van der Waals surface area contributed by atoms with Crippen LogP contribution in [0, 0.1) is 0 Å². The third kappa shape index (κ3) is 1.25. The minimum absolute atomic E-state index is 0.256. The van der Waals surface area contributed by atoms with E-state index < -0.39 is 0 Å². The average Bonchev–Trinajstić information content (AvgIpc) is 2.87. The van der Waals surface area contributed by atoms with E-state index in [1.54, 1.807) is 0 Å². The van der Waals surface area contributed by atoms with Gasteiger partial charge in [0.15, 0.2) is 5.82 Å². The lowest BCUT2D eigenvalue weighted by Gasteiger charge is -2.23. The molecule has 1 aromatic rings. The molecule has 2 unspecified atom stereocenters. The molecule has 2 N–H and O–H groups in total. The molecule has 2 atom stereocenters. The van der Waals surface area contributed by atoms with Gasteiger partial charge in [-0.05, 0) is 19.3 Å². The Morgan fingerprint density at radius 2 is 2.21 bits per heavy atom. The summed E-state index contributed by atoms with van der Waals surface area (Å²) >= 11 is 0. The molecule has 1 aliphatic carbocycles. The predicted molar refractivity (Wildman–Crippen MR) is 53.0 cm³/mol. The summed E-state index contributed by atoms with van der Waals surface area (Å²) in [5.41, 5.74) is 5.95. The summed E-state index contributed by atoms with van der Waals surface area (Å²) in [6.45, 7) is 3.04. The first kappa shape index (κ1) is 8.41. The Morgan fingerprint density at radius 1 is 1.43 bits per heavy atom. The molecule has 2 aliphatic rings. The second kappa shape index (κ2) is 2.79. The topological polar surface area (TPSA) is 56.7 Å². The van der Waals surface area contributed by atoms with Gasteiger partial charge >= 0.3 is 0 Å². The second-order valence-corrected chi connectivity index (χ2v) is 4.68. The fraction of sp³-hybridized carbons (Fsp3) is 0.800. The molecule has 0 radical (unpaired) electrons. The van der Waals surface area contributed by atoms with Crippen LogP contribution in [0.4, 0.5) is 0 Å². The van der Waals surface area contributed by atoms with Gasteiger partial charge in [0.2, 0.25) is 0 Å². The summed E-state index contributed by atoms with van der Waals surface area (Å²) in [4.78, 5) is 4.62. The Bertz CT molecular complexity index is 353. The van der Waals surface area contributed by atoms with Crippen molar-refractivity contribution < 1.29 is 0 Å². The summed E-state index contributed by atoms with van der Waals surface area (Å²) in [6, 6.07) is 0.256. The molecule has 1 aliphatic heterocycles. The second-order valence-electron chi connectivity index (χ2n) is 4.68. The van der Waals surface area contributed by atoms with Crippen molar-refractivity contribution in [2.24, 2.45) is 5.73 Å². The highest BCUT2D eigenvalue weighted by atomic mass is 15.4. The molecule has 4 heteroatoms. The number of hydrogen-bond acceptors (Lipinski definition) is 3. The van der Waals surface area contributed by atoms with Crippen molar-refractivity contribution in [1.29, 1.82) is 0 Å². The SMILES string of the molecule is CC1CC(N)Cn2nc(C3CC3)nc21. The van der Waals surface area contributed by atoms with E-state index in [-0.39, 0.29) is 6.04 Å². The molecular formula is C10H16N4. The maximum absolute atomic E-state index is 5.95. The van der Waals surface area contributed by atoms with Crippen LogP contribution in [-0.4, -0.2) is 20.8 Å². The fourth-order valence-corrected chi connectivity index (χ4v) is 2.24. The smallest absolute Gasteiger partial charge is 0.154 e. The van der Waals surface area contributed by atoms with Crippen LogP contribution in [0.25, 0.3) is 0 Å². The van der Waals surface area contributed by atoms with E-state index >= 15 is 0 Å². The molecule has 0 bridgehead atoms. The molecule has 1 saturated carbocycles. The number of hydrogen-bond donors (Lipinski definition) is 1. The normalized spacial score (nSPS) is 31.6. The van der Waals surface area contributed by atoms with Gasteiger partial charge in [0.05, 0.1) is 6.54 Å². The Balaban J connectivity index is 1.97. The van der Waals surface area contributed by atoms with Crippen LogP contribution in [-0.2, 0) is 6.54 Å². The Labute approximate surface area is 83.5 Å². The highest BCUT2D eigenvalue weighted by molar-refractivity contribution is 5.10. The quantitative estimate of drug-likeness (QED) is 0.722. The molecule has 4 nitrogen and oxygen atoms in total. The van der Waals surface area contributed by atoms with E-state index in [4.69, 9.17) is 5.73 Å². The first-order valence-electron chi connectivity index (χ1n) is 5.44. The number of aromatic nitrogens is 3. The monoisotopic (exact) mass is 192 g/mol. The van der Waals surface area contributed by atoms with Crippen LogP contribution in [0.5, 0.6) is 0 Å². The number of nitrogens with two attached hydrogens (primary N) is 1. The zero-order valence-electron chi connectivity index (χ0n) is 8.48. The Hall–Kier alpha value is -0.900. The molecule has 0 aromatic carbocycles. The fourth-order valence-electron chi connectivity index (χ4n) is 2.24. The number of rotatable bonds is 1. The highest BCUT2D eigenvalue weighted by Crippen LogP contribution is 2.39. The molecule has 0 spiro atoms. The lowest BCUT2D eigenvalue weighted by atomic mass is 9.98. The van der Waals surface area contributed by atoms with Gasteiger partial charge in [0.1, 0.15) is 5.82 Å². The first-order chi connectivity index (χ1) is 6.74. The van der Waals surface area contributed by atoms with Crippen molar-refractivity contribution in [3.05, 3.63) is 11.6 Å². The van der Waals surface area contributed by atoms with Gasteiger partial charge < -0.3 is 5.73 Å². The van der Waals surface area contributed by atoms with E-state index in [9.17, 15) is 0 Å². The van der Waals surface area contributed by atoms with Crippen LogP contribution in [0.1, 0.15) is 49.7 Å². The minimum Gasteiger partial charge on any atom is -0.326 e. The largest absolute Gasteiger partial charge is 0.326 e. The van der Waals surface area contributed by atoms with Crippen molar-refractivity contribution in [3.63, 3.8) is 0 Å². The Morgan fingerprint density at radius 3 is 2.93 bits per heavy atom. The summed E-state index contributed by atoms with van der Waals surface area (Å²) in [6.07, 6.45) is 3.58. The molecule has 0 saturated heterocycles. The van der Waals surface area contributed by atoms with E-state index in [2.05, 4.69) is 17.0 Å². The van der Waals surface area contributed by atoms with Gasteiger partial charge in [0.25, 0.3) is 0 Å². The van der Waals surface area contributed by atoms with Gasteiger partial charge in [0, 0.05) is 17.9 Å². The molecule has 76 valence electrons. The number of nitrogens with zero attached hydrogens (tertiary/aromatic N) is 3. The molecule has 1 aromatic heterocycles. The molecule has 2 heterocycles. The van der Waals surface area contributed by atoms with Crippen LogP contribution in [0.2, 0.25) is 0 Å². The van der Waals surface area contributed by atoms with Crippen LogP contribution < -0.4 is 5.73 Å².